The molecule has 0 aromatic carbocycles. The Hall–Kier alpha value is -1.12. The molecule has 0 spiro atoms. The van der Waals surface area contributed by atoms with Gasteiger partial charge in [-0.2, -0.15) is 0 Å². The summed E-state index contributed by atoms with van der Waals surface area (Å²) in [6, 6.07) is 0. The topological polar surface area (TPSA) is 34.9 Å². The lowest BCUT2D eigenvalue weighted by molar-refractivity contribution is 0.0949. The molecule has 3 nitrogen and oxygen atoms in total. The summed E-state index contributed by atoms with van der Waals surface area (Å²) in [7, 11) is 0. The Morgan fingerprint density at radius 1 is 1.57 bits per heavy atom. The minimum atomic E-state index is 0.159. The Morgan fingerprint density at radius 2 is 2.29 bits per heavy atom. The van der Waals surface area contributed by atoms with E-state index in [9.17, 15) is 4.79 Å². The van der Waals surface area contributed by atoms with Crippen LogP contribution in [0.3, 0.4) is 0 Å². The van der Waals surface area contributed by atoms with E-state index in [2.05, 4.69) is 18.8 Å². The maximum Gasteiger partial charge on any atom is 0.198 e. The standard InChI is InChI=1S/C11H18N2O/c1-4-9(3)8-10(14)11-12-6-7-13(11)5-2/h6-7,9H,4-5,8H2,1-3H3. The fourth-order valence-corrected chi connectivity index (χ4v) is 1.37. The number of carbonyl (C=O) groups is 1. The molecule has 0 amide bonds. The number of hydrogen-bond acceptors (Lipinski definition) is 2. The maximum absolute atomic E-state index is 11.8. The largest absolute Gasteiger partial charge is 0.329 e. The van der Waals surface area contributed by atoms with Crippen molar-refractivity contribution in [3.8, 4) is 0 Å². The van der Waals surface area contributed by atoms with Gasteiger partial charge in [0.05, 0.1) is 0 Å². The molecule has 0 bridgehead atoms. The summed E-state index contributed by atoms with van der Waals surface area (Å²) in [5.74, 6) is 1.21. The van der Waals surface area contributed by atoms with Gasteiger partial charge in [0.1, 0.15) is 0 Å². The zero-order chi connectivity index (χ0) is 10.6. The van der Waals surface area contributed by atoms with Crippen LogP contribution in [0.25, 0.3) is 0 Å². The summed E-state index contributed by atoms with van der Waals surface area (Å²) < 4.78 is 1.89. The minimum Gasteiger partial charge on any atom is -0.329 e. The van der Waals surface area contributed by atoms with Crippen LogP contribution in [0.4, 0.5) is 0 Å². The average molecular weight is 194 g/mol. The molecular weight excluding hydrogens is 176 g/mol. The van der Waals surface area contributed by atoms with Crippen molar-refractivity contribution in [2.45, 2.75) is 40.2 Å². The Bertz CT molecular complexity index is 304. The molecule has 0 aliphatic heterocycles. The summed E-state index contributed by atoms with van der Waals surface area (Å²) in [6.07, 6.45) is 5.18. The zero-order valence-electron chi connectivity index (χ0n) is 9.16. The third kappa shape index (κ3) is 2.44. The predicted molar refractivity (Wildman–Crippen MR) is 56.3 cm³/mol. The monoisotopic (exact) mass is 194 g/mol. The van der Waals surface area contributed by atoms with Crippen molar-refractivity contribution in [1.29, 1.82) is 0 Å². The van der Waals surface area contributed by atoms with Crippen LogP contribution in [0.15, 0.2) is 12.4 Å². The van der Waals surface area contributed by atoms with Crippen molar-refractivity contribution < 1.29 is 4.79 Å². The molecule has 0 saturated heterocycles. The molecule has 3 heteroatoms. The van der Waals surface area contributed by atoms with E-state index in [1.54, 1.807) is 6.20 Å². The SMILES string of the molecule is CCC(C)CC(=O)c1nccn1CC. The van der Waals surface area contributed by atoms with Crippen molar-refractivity contribution in [1.82, 2.24) is 9.55 Å². The molecule has 1 aromatic rings. The number of nitrogens with zero attached hydrogens (tertiary/aromatic N) is 2. The van der Waals surface area contributed by atoms with Crippen LogP contribution in [0, 0.1) is 5.92 Å². The van der Waals surface area contributed by atoms with Crippen molar-refractivity contribution in [3.05, 3.63) is 18.2 Å². The summed E-state index contributed by atoms with van der Waals surface area (Å²) in [5.41, 5.74) is 0. The third-order valence-corrected chi connectivity index (χ3v) is 2.54. The summed E-state index contributed by atoms with van der Waals surface area (Å²) in [6.45, 7) is 7.02. The Balaban J connectivity index is 2.69. The normalized spacial score (nSPS) is 12.8. The van der Waals surface area contributed by atoms with Crippen LogP contribution < -0.4 is 0 Å². The molecule has 1 aromatic heterocycles. The van der Waals surface area contributed by atoms with E-state index in [1.807, 2.05) is 17.7 Å². The van der Waals surface area contributed by atoms with Crippen LogP contribution in [-0.2, 0) is 6.54 Å². The lowest BCUT2D eigenvalue weighted by Gasteiger charge is -2.07. The number of Topliss-reactive ketones (excluding diaryl/α,β-unsaturated/α-hetero) is 1. The van der Waals surface area contributed by atoms with Crippen LogP contribution in [0.1, 0.15) is 44.2 Å². The second-order valence-corrected chi connectivity index (χ2v) is 3.68. The van der Waals surface area contributed by atoms with Gasteiger partial charge < -0.3 is 4.57 Å². The second kappa shape index (κ2) is 4.94. The highest BCUT2D eigenvalue weighted by Crippen LogP contribution is 2.11. The quantitative estimate of drug-likeness (QED) is 0.675. The highest BCUT2D eigenvalue weighted by molar-refractivity contribution is 5.92. The van der Waals surface area contributed by atoms with Gasteiger partial charge in [-0.1, -0.05) is 20.3 Å². The number of carbonyl (C=O) groups excluding carboxylic acids is 1. The van der Waals surface area contributed by atoms with Gasteiger partial charge in [-0.05, 0) is 12.8 Å². The molecule has 78 valence electrons. The number of ketones is 1. The van der Waals surface area contributed by atoms with Gasteiger partial charge in [-0.3, -0.25) is 4.79 Å². The maximum atomic E-state index is 11.8. The van der Waals surface area contributed by atoms with E-state index in [-0.39, 0.29) is 5.78 Å². The van der Waals surface area contributed by atoms with Crippen molar-refractivity contribution in [3.63, 3.8) is 0 Å². The van der Waals surface area contributed by atoms with E-state index in [0.717, 1.165) is 13.0 Å². The molecule has 0 radical (unpaired) electrons. The Morgan fingerprint density at radius 3 is 2.86 bits per heavy atom. The van der Waals surface area contributed by atoms with Crippen molar-refractivity contribution in [2.75, 3.05) is 0 Å². The van der Waals surface area contributed by atoms with Crippen LogP contribution in [0.2, 0.25) is 0 Å². The highest BCUT2D eigenvalue weighted by atomic mass is 16.1. The summed E-state index contributed by atoms with van der Waals surface area (Å²) in [5, 5.41) is 0. The van der Waals surface area contributed by atoms with Gasteiger partial charge >= 0.3 is 0 Å². The first-order valence-electron chi connectivity index (χ1n) is 5.23. The van der Waals surface area contributed by atoms with E-state index in [1.165, 1.54) is 0 Å². The molecule has 14 heavy (non-hydrogen) atoms. The Kier molecular flexibility index (Phi) is 3.86. The predicted octanol–water partition coefficient (Wildman–Crippen LogP) is 2.52. The number of imidazole rings is 1. The van der Waals surface area contributed by atoms with Gasteiger partial charge in [-0.15, -0.1) is 0 Å². The smallest absolute Gasteiger partial charge is 0.198 e. The number of aromatic nitrogens is 2. The lowest BCUT2D eigenvalue weighted by Crippen LogP contribution is -2.12. The molecule has 0 saturated carbocycles. The van der Waals surface area contributed by atoms with Gasteiger partial charge in [0.25, 0.3) is 0 Å². The van der Waals surface area contributed by atoms with Gasteiger partial charge in [-0.25, -0.2) is 4.98 Å². The highest BCUT2D eigenvalue weighted by Gasteiger charge is 2.14. The lowest BCUT2D eigenvalue weighted by atomic mass is 10.0. The van der Waals surface area contributed by atoms with Crippen LogP contribution >= 0.6 is 0 Å². The number of aryl methyl sites for hydroxylation is 1. The van der Waals surface area contributed by atoms with Gasteiger partial charge in [0.2, 0.25) is 0 Å². The van der Waals surface area contributed by atoms with E-state index >= 15 is 0 Å². The molecule has 1 atom stereocenters. The summed E-state index contributed by atoms with van der Waals surface area (Å²) >= 11 is 0. The molecule has 1 unspecified atom stereocenters. The zero-order valence-corrected chi connectivity index (χ0v) is 9.16. The molecule has 1 rings (SSSR count). The van der Waals surface area contributed by atoms with E-state index in [4.69, 9.17) is 0 Å². The van der Waals surface area contributed by atoms with E-state index < -0.39 is 0 Å². The first kappa shape index (κ1) is 11.0. The molecule has 0 N–H and O–H groups in total. The van der Waals surface area contributed by atoms with Gasteiger partial charge in [0.15, 0.2) is 11.6 Å². The first-order valence-corrected chi connectivity index (χ1v) is 5.23. The van der Waals surface area contributed by atoms with Crippen molar-refractivity contribution >= 4 is 5.78 Å². The van der Waals surface area contributed by atoms with Crippen molar-refractivity contribution in [2.24, 2.45) is 5.92 Å². The number of hydrogen-bond donors (Lipinski definition) is 0. The van der Waals surface area contributed by atoms with Crippen LogP contribution in [-0.4, -0.2) is 15.3 Å². The first-order chi connectivity index (χ1) is 6.69. The third-order valence-electron chi connectivity index (χ3n) is 2.54. The second-order valence-electron chi connectivity index (χ2n) is 3.68. The molecule has 1 heterocycles. The molecular formula is C11H18N2O. The molecule has 0 fully saturated rings. The van der Waals surface area contributed by atoms with E-state index in [0.29, 0.717) is 18.2 Å². The summed E-state index contributed by atoms with van der Waals surface area (Å²) in [4.78, 5) is 15.9. The fraction of sp³-hybridized carbons (Fsp3) is 0.636. The molecule has 0 aliphatic rings. The minimum absolute atomic E-state index is 0.159. The fourth-order valence-electron chi connectivity index (χ4n) is 1.37. The molecule has 0 aliphatic carbocycles. The van der Waals surface area contributed by atoms with Crippen LogP contribution in [0.5, 0.6) is 0 Å². The average Bonchev–Trinajstić information content (AvgIpc) is 2.65. The van der Waals surface area contributed by atoms with Gasteiger partial charge in [0, 0.05) is 25.4 Å². The number of rotatable bonds is 5. The Labute approximate surface area is 85.2 Å².